The van der Waals surface area contributed by atoms with Gasteiger partial charge in [0.15, 0.2) is 0 Å². The molecule has 0 amide bonds. The predicted molar refractivity (Wildman–Crippen MR) is 66.7 cm³/mol. The Labute approximate surface area is 104 Å². The van der Waals surface area contributed by atoms with Crippen LogP contribution in [0.2, 0.25) is 0 Å². The summed E-state index contributed by atoms with van der Waals surface area (Å²) in [4.78, 5) is 0. The molecule has 0 aromatic carbocycles. The Morgan fingerprint density at radius 1 is 1.35 bits per heavy atom. The molecule has 0 aromatic rings. The average Bonchev–Trinajstić information content (AvgIpc) is 3.11. The van der Waals surface area contributed by atoms with Crippen LogP contribution in [0.3, 0.4) is 0 Å². The SMILES string of the molecule is CCOCCOCC(C#N)(NC(C)C)C1CC1. The van der Waals surface area contributed by atoms with Crippen molar-refractivity contribution in [2.75, 3.05) is 26.4 Å². The second-order valence-corrected chi connectivity index (χ2v) is 4.91. The summed E-state index contributed by atoms with van der Waals surface area (Å²) in [6.45, 7) is 8.42. The lowest BCUT2D eigenvalue weighted by Crippen LogP contribution is -2.53. The summed E-state index contributed by atoms with van der Waals surface area (Å²) in [5.41, 5.74) is -0.500. The molecule has 4 heteroatoms. The van der Waals surface area contributed by atoms with E-state index in [1.54, 1.807) is 0 Å². The highest BCUT2D eigenvalue weighted by Crippen LogP contribution is 2.39. The fourth-order valence-electron chi connectivity index (χ4n) is 2.02. The zero-order valence-corrected chi connectivity index (χ0v) is 11.2. The minimum absolute atomic E-state index is 0.297. The van der Waals surface area contributed by atoms with Crippen LogP contribution in [-0.2, 0) is 9.47 Å². The Kier molecular flexibility index (Phi) is 5.90. The summed E-state index contributed by atoms with van der Waals surface area (Å²) < 4.78 is 10.8. The Morgan fingerprint density at radius 2 is 2.00 bits per heavy atom. The van der Waals surface area contributed by atoms with Crippen LogP contribution in [0.5, 0.6) is 0 Å². The van der Waals surface area contributed by atoms with Gasteiger partial charge in [0, 0.05) is 12.6 Å². The molecule has 1 N–H and O–H groups in total. The Bertz CT molecular complexity index is 259. The number of nitriles is 1. The van der Waals surface area contributed by atoms with E-state index < -0.39 is 5.54 Å². The van der Waals surface area contributed by atoms with E-state index in [2.05, 4.69) is 25.2 Å². The standard InChI is InChI=1S/C13H24N2O2/c1-4-16-7-8-17-10-13(9-14,12-5-6-12)15-11(2)3/h11-12,15H,4-8,10H2,1-3H3. The molecule has 1 aliphatic carbocycles. The van der Waals surface area contributed by atoms with Gasteiger partial charge in [-0.2, -0.15) is 5.26 Å². The summed E-state index contributed by atoms with van der Waals surface area (Å²) in [7, 11) is 0. The van der Waals surface area contributed by atoms with Gasteiger partial charge in [-0.1, -0.05) is 0 Å². The van der Waals surface area contributed by atoms with Gasteiger partial charge in [0.25, 0.3) is 0 Å². The van der Waals surface area contributed by atoms with Crippen molar-refractivity contribution in [2.24, 2.45) is 5.92 Å². The van der Waals surface area contributed by atoms with Gasteiger partial charge in [0.2, 0.25) is 0 Å². The molecule has 1 rings (SSSR count). The normalized spacial score (nSPS) is 19.0. The molecule has 0 saturated heterocycles. The summed E-state index contributed by atoms with van der Waals surface area (Å²) in [5.74, 6) is 0.446. The van der Waals surface area contributed by atoms with Crippen LogP contribution < -0.4 is 5.32 Å². The molecule has 1 fully saturated rings. The van der Waals surface area contributed by atoms with Crippen molar-refractivity contribution >= 4 is 0 Å². The molecule has 0 heterocycles. The van der Waals surface area contributed by atoms with Crippen molar-refractivity contribution in [1.82, 2.24) is 5.32 Å². The van der Waals surface area contributed by atoms with Crippen molar-refractivity contribution in [1.29, 1.82) is 5.26 Å². The van der Waals surface area contributed by atoms with Crippen LogP contribution in [0.15, 0.2) is 0 Å². The van der Waals surface area contributed by atoms with Crippen LogP contribution in [0, 0.1) is 17.2 Å². The molecule has 0 spiro atoms. The van der Waals surface area contributed by atoms with Gasteiger partial charge in [-0.25, -0.2) is 0 Å². The van der Waals surface area contributed by atoms with E-state index in [4.69, 9.17) is 9.47 Å². The molecule has 98 valence electrons. The molecule has 4 nitrogen and oxygen atoms in total. The molecular formula is C13H24N2O2. The van der Waals surface area contributed by atoms with E-state index >= 15 is 0 Å². The molecule has 0 radical (unpaired) electrons. The first kappa shape index (κ1) is 14.4. The first-order valence-electron chi connectivity index (χ1n) is 6.49. The lowest BCUT2D eigenvalue weighted by atomic mass is 9.95. The van der Waals surface area contributed by atoms with Crippen LogP contribution in [-0.4, -0.2) is 38.0 Å². The predicted octanol–water partition coefficient (Wildman–Crippen LogP) is 1.71. The fraction of sp³-hybridized carbons (Fsp3) is 0.923. The molecule has 0 bridgehead atoms. The first-order valence-corrected chi connectivity index (χ1v) is 6.49. The lowest BCUT2D eigenvalue weighted by Gasteiger charge is -2.30. The second kappa shape index (κ2) is 6.95. The minimum Gasteiger partial charge on any atom is -0.379 e. The summed E-state index contributed by atoms with van der Waals surface area (Å²) in [6.07, 6.45) is 2.25. The quantitative estimate of drug-likeness (QED) is 0.623. The summed E-state index contributed by atoms with van der Waals surface area (Å²) in [6, 6.07) is 2.72. The minimum atomic E-state index is -0.500. The van der Waals surface area contributed by atoms with Crippen LogP contribution in [0.1, 0.15) is 33.6 Å². The maximum atomic E-state index is 9.41. The van der Waals surface area contributed by atoms with Crippen LogP contribution >= 0.6 is 0 Å². The van der Waals surface area contributed by atoms with Gasteiger partial charge in [-0.15, -0.1) is 0 Å². The van der Waals surface area contributed by atoms with E-state index in [1.165, 1.54) is 0 Å². The third-order valence-electron chi connectivity index (χ3n) is 2.93. The number of nitrogens with zero attached hydrogens (tertiary/aromatic N) is 1. The maximum absolute atomic E-state index is 9.41. The Hall–Kier alpha value is -0.630. The third kappa shape index (κ3) is 4.63. The van der Waals surface area contributed by atoms with Gasteiger partial charge in [0.1, 0.15) is 5.54 Å². The van der Waals surface area contributed by atoms with Gasteiger partial charge >= 0.3 is 0 Å². The van der Waals surface area contributed by atoms with Gasteiger partial charge < -0.3 is 9.47 Å². The van der Waals surface area contributed by atoms with Crippen molar-refractivity contribution < 1.29 is 9.47 Å². The maximum Gasteiger partial charge on any atom is 0.133 e. The van der Waals surface area contributed by atoms with E-state index in [0.29, 0.717) is 38.4 Å². The topological polar surface area (TPSA) is 54.3 Å². The molecular weight excluding hydrogens is 216 g/mol. The number of nitrogens with one attached hydrogen (secondary N) is 1. The van der Waals surface area contributed by atoms with Gasteiger partial charge in [0.05, 0.1) is 25.9 Å². The third-order valence-corrected chi connectivity index (χ3v) is 2.93. The molecule has 1 saturated carbocycles. The van der Waals surface area contributed by atoms with E-state index in [-0.39, 0.29) is 0 Å². The fourth-order valence-corrected chi connectivity index (χ4v) is 2.02. The zero-order chi connectivity index (χ0) is 12.7. The summed E-state index contributed by atoms with van der Waals surface area (Å²) in [5, 5.41) is 12.8. The number of rotatable bonds is 9. The van der Waals surface area contributed by atoms with Gasteiger partial charge in [-0.05, 0) is 39.5 Å². The van der Waals surface area contributed by atoms with E-state index in [0.717, 1.165) is 12.8 Å². The number of ether oxygens (including phenoxy) is 2. The highest BCUT2D eigenvalue weighted by Gasteiger charge is 2.46. The van der Waals surface area contributed by atoms with Crippen molar-refractivity contribution in [3.8, 4) is 6.07 Å². The van der Waals surface area contributed by atoms with Crippen LogP contribution in [0.4, 0.5) is 0 Å². The highest BCUT2D eigenvalue weighted by atomic mass is 16.5. The van der Waals surface area contributed by atoms with Gasteiger partial charge in [-0.3, -0.25) is 5.32 Å². The van der Waals surface area contributed by atoms with E-state index in [9.17, 15) is 5.26 Å². The Morgan fingerprint density at radius 3 is 2.47 bits per heavy atom. The van der Waals surface area contributed by atoms with Crippen molar-refractivity contribution in [2.45, 2.75) is 45.2 Å². The first-order chi connectivity index (χ1) is 8.14. The number of hydrogen-bond acceptors (Lipinski definition) is 4. The van der Waals surface area contributed by atoms with Crippen molar-refractivity contribution in [3.05, 3.63) is 0 Å². The lowest BCUT2D eigenvalue weighted by molar-refractivity contribution is 0.0274. The number of hydrogen-bond donors (Lipinski definition) is 1. The average molecular weight is 240 g/mol. The highest BCUT2D eigenvalue weighted by molar-refractivity contribution is 5.15. The Balaban J connectivity index is 2.38. The smallest absolute Gasteiger partial charge is 0.133 e. The molecule has 17 heavy (non-hydrogen) atoms. The molecule has 1 aliphatic rings. The molecule has 1 atom stereocenters. The monoisotopic (exact) mass is 240 g/mol. The van der Waals surface area contributed by atoms with E-state index in [1.807, 2.05) is 6.92 Å². The molecule has 0 aromatic heterocycles. The zero-order valence-electron chi connectivity index (χ0n) is 11.2. The molecule has 1 unspecified atom stereocenters. The van der Waals surface area contributed by atoms with Crippen molar-refractivity contribution in [3.63, 3.8) is 0 Å². The second-order valence-electron chi connectivity index (χ2n) is 4.91. The molecule has 0 aliphatic heterocycles. The van der Waals surface area contributed by atoms with Crippen LogP contribution in [0.25, 0.3) is 0 Å². The largest absolute Gasteiger partial charge is 0.379 e. The summed E-state index contributed by atoms with van der Waals surface area (Å²) >= 11 is 0.